The van der Waals surface area contributed by atoms with Crippen LogP contribution in [0.2, 0.25) is 10.0 Å². The van der Waals surface area contributed by atoms with Gasteiger partial charge in [-0.1, -0.05) is 53.5 Å². The fraction of sp³-hybridized carbons (Fsp3) is 0.0667. The first-order chi connectivity index (χ1) is 10.1. The van der Waals surface area contributed by atoms with Crippen molar-refractivity contribution in [2.24, 2.45) is 0 Å². The minimum absolute atomic E-state index is 0.165. The lowest BCUT2D eigenvalue weighted by Crippen LogP contribution is -2.04. The van der Waals surface area contributed by atoms with Gasteiger partial charge in [0.25, 0.3) is 0 Å². The molecular weight excluding hydrogens is 311 g/mol. The van der Waals surface area contributed by atoms with Crippen molar-refractivity contribution in [2.45, 2.75) is 6.42 Å². The van der Waals surface area contributed by atoms with Gasteiger partial charge in [0.05, 0.1) is 27.9 Å². The van der Waals surface area contributed by atoms with Crippen LogP contribution in [-0.2, 0) is 11.2 Å². The van der Waals surface area contributed by atoms with Crippen molar-refractivity contribution in [1.29, 1.82) is 0 Å². The van der Waals surface area contributed by atoms with E-state index in [2.05, 4.69) is 4.98 Å². The zero-order valence-electron chi connectivity index (χ0n) is 10.8. The number of carbonyl (C=O) groups is 1. The van der Waals surface area contributed by atoms with Crippen LogP contribution in [0, 0.1) is 0 Å². The van der Waals surface area contributed by atoms with E-state index in [1.807, 2.05) is 30.3 Å². The largest absolute Gasteiger partial charge is 0.481 e. The van der Waals surface area contributed by atoms with Gasteiger partial charge in [-0.15, -0.1) is 0 Å². The van der Waals surface area contributed by atoms with E-state index in [9.17, 15) is 4.79 Å². The molecule has 0 aliphatic rings. The van der Waals surface area contributed by atoms with Gasteiger partial charge in [0.15, 0.2) is 5.65 Å². The molecule has 3 rings (SSSR count). The molecule has 0 aliphatic carbocycles. The molecule has 4 nitrogen and oxygen atoms in total. The number of hydrogen-bond donors (Lipinski definition) is 1. The Kier molecular flexibility index (Phi) is 3.57. The lowest BCUT2D eigenvalue weighted by atomic mass is 10.1. The fourth-order valence-corrected chi connectivity index (χ4v) is 2.77. The highest BCUT2D eigenvalue weighted by atomic mass is 35.5. The third kappa shape index (κ3) is 2.60. The summed E-state index contributed by atoms with van der Waals surface area (Å²) in [5, 5.41) is 9.96. The minimum Gasteiger partial charge on any atom is -0.481 e. The predicted octanol–water partition coefficient (Wildman–Crippen LogP) is 3.94. The van der Waals surface area contributed by atoms with Gasteiger partial charge in [-0.2, -0.15) is 0 Å². The number of aromatic nitrogens is 2. The predicted molar refractivity (Wildman–Crippen MR) is 82.0 cm³/mol. The lowest BCUT2D eigenvalue weighted by Gasteiger charge is -2.03. The van der Waals surface area contributed by atoms with Gasteiger partial charge >= 0.3 is 5.97 Å². The molecule has 3 aromatic rings. The summed E-state index contributed by atoms with van der Waals surface area (Å²) in [6, 6.07) is 11.0. The number of hydrogen-bond acceptors (Lipinski definition) is 2. The fourth-order valence-electron chi connectivity index (χ4n) is 2.26. The van der Waals surface area contributed by atoms with Crippen LogP contribution in [0.3, 0.4) is 0 Å². The molecular formula is C15H10Cl2N2O2. The molecule has 0 aliphatic heterocycles. The van der Waals surface area contributed by atoms with Crippen LogP contribution in [0.4, 0.5) is 0 Å². The first kappa shape index (κ1) is 13.9. The SMILES string of the molecule is O=C(O)Cc1c(-c2ccccc2)nc2c(Cl)cc(Cl)cn12. The van der Waals surface area contributed by atoms with Gasteiger partial charge in [0.1, 0.15) is 0 Å². The molecule has 0 unspecified atom stereocenters. The van der Waals surface area contributed by atoms with Crippen molar-refractivity contribution in [2.75, 3.05) is 0 Å². The van der Waals surface area contributed by atoms with Crippen molar-refractivity contribution in [3.8, 4) is 11.3 Å². The van der Waals surface area contributed by atoms with E-state index >= 15 is 0 Å². The van der Waals surface area contributed by atoms with Crippen LogP contribution in [0.25, 0.3) is 16.9 Å². The Hall–Kier alpha value is -2.04. The van der Waals surface area contributed by atoms with Crippen LogP contribution in [0.5, 0.6) is 0 Å². The summed E-state index contributed by atoms with van der Waals surface area (Å²) < 4.78 is 1.64. The molecule has 21 heavy (non-hydrogen) atoms. The molecule has 106 valence electrons. The molecule has 0 radical (unpaired) electrons. The molecule has 2 aromatic heterocycles. The molecule has 0 saturated carbocycles. The Bertz CT molecular complexity index is 829. The number of imidazole rings is 1. The molecule has 0 fully saturated rings. The standard InChI is InChI=1S/C15H10Cl2N2O2/c16-10-6-11(17)15-18-14(9-4-2-1-3-5-9)12(7-13(20)21)19(15)8-10/h1-6,8H,7H2,(H,20,21). The van der Waals surface area contributed by atoms with Gasteiger partial charge in [0.2, 0.25) is 0 Å². The average Bonchev–Trinajstić information content (AvgIpc) is 2.78. The maximum atomic E-state index is 11.2. The van der Waals surface area contributed by atoms with Gasteiger partial charge in [-0.05, 0) is 6.07 Å². The summed E-state index contributed by atoms with van der Waals surface area (Å²) in [5.41, 5.74) is 2.48. The van der Waals surface area contributed by atoms with Crippen LogP contribution in [-0.4, -0.2) is 20.5 Å². The second-order valence-electron chi connectivity index (χ2n) is 4.54. The number of nitrogens with zero attached hydrogens (tertiary/aromatic N) is 2. The summed E-state index contributed by atoms with van der Waals surface area (Å²) in [6.45, 7) is 0. The second-order valence-corrected chi connectivity index (χ2v) is 5.39. The normalized spacial score (nSPS) is 11.0. The first-order valence-corrected chi connectivity index (χ1v) is 6.95. The Morgan fingerprint density at radius 3 is 2.62 bits per heavy atom. The minimum atomic E-state index is -0.940. The molecule has 2 heterocycles. The van der Waals surface area contributed by atoms with E-state index in [0.717, 1.165) is 5.56 Å². The number of carboxylic acid groups (broad SMARTS) is 1. The van der Waals surface area contributed by atoms with Crippen molar-refractivity contribution < 1.29 is 9.90 Å². The Labute approximate surface area is 130 Å². The van der Waals surface area contributed by atoms with Crippen LogP contribution < -0.4 is 0 Å². The zero-order valence-corrected chi connectivity index (χ0v) is 12.3. The van der Waals surface area contributed by atoms with E-state index in [0.29, 0.717) is 27.1 Å². The summed E-state index contributed by atoms with van der Waals surface area (Å²) in [5.74, 6) is -0.940. The second kappa shape index (κ2) is 5.39. The van der Waals surface area contributed by atoms with Gasteiger partial charge in [-0.3, -0.25) is 4.79 Å². The zero-order chi connectivity index (χ0) is 15.0. The molecule has 0 saturated heterocycles. The summed E-state index contributed by atoms with van der Waals surface area (Å²) in [6.07, 6.45) is 1.46. The highest BCUT2D eigenvalue weighted by Crippen LogP contribution is 2.29. The smallest absolute Gasteiger partial charge is 0.309 e. The van der Waals surface area contributed by atoms with Gasteiger partial charge in [-0.25, -0.2) is 4.98 Å². The number of benzene rings is 1. The number of aliphatic carboxylic acids is 1. The van der Waals surface area contributed by atoms with E-state index in [4.69, 9.17) is 28.3 Å². The quantitative estimate of drug-likeness (QED) is 0.795. The Morgan fingerprint density at radius 2 is 1.95 bits per heavy atom. The Balaban J connectivity index is 2.33. The van der Waals surface area contributed by atoms with Crippen molar-refractivity contribution in [3.05, 3.63) is 58.3 Å². The number of rotatable bonds is 3. The van der Waals surface area contributed by atoms with Crippen LogP contribution in [0.15, 0.2) is 42.6 Å². The van der Waals surface area contributed by atoms with Crippen molar-refractivity contribution in [1.82, 2.24) is 9.38 Å². The molecule has 1 aromatic carbocycles. The molecule has 0 bridgehead atoms. The highest BCUT2D eigenvalue weighted by molar-refractivity contribution is 6.36. The maximum Gasteiger partial charge on any atom is 0.309 e. The van der Waals surface area contributed by atoms with E-state index in [-0.39, 0.29) is 6.42 Å². The van der Waals surface area contributed by atoms with E-state index in [1.54, 1.807) is 16.7 Å². The molecule has 0 atom stereocenters. The van der Waals surface area contributed by atoms with Crippen molar-refractivity contribution >= 4 is 34.8 Å². The summed E-state index contributed by atoms with van der Waals surface area (Å²) in [7, 11) is 0. The number of pyridine rings is 1. The summed E-state index contributed by atoms with van der Waals surface area (Å²) >= 11 is 12.2. The molecule has 0 amide bonds. The molecule has 6 heteroatoms. The topological polar surface area (TPSA) is 54.6 Å². The monoisotopic (exact) mass is 320 g/mol. The van der Waals surface area contributed by atoms with E-state index in [1.165, 1.54) is 0 Å². The number of carboxylic acids is 1. The van der Waals surface area contributed by atoms with Crippen LogP contribution >= 0.6 is 23.2 Å². The summed E-state index contributed by atoms with van der Waals surface area (Å²) in [4.78, 5) is 15.6. The third-order valence-corrected chi connectivity index (χ3v) is 3.59. The maximum absolute atomic E-state index is 11.2. The van der Waals surface area contributed by atoms with E-state index < -0.39 is 5.97 Å². The first-order valence-electron chi connectivity index (χ1n) is 6.19. The molecule has 0 spiro atoms. The third-order valence-electron chi connectivity index (χ3n) is 3.11. The van der Waals surface area contributed by atoms with Crippen LogP contribution in [0.1, 0.15) is 5.69 Å². The highest BCUT2D eigenvalue weighted by Gasteiger charge is 2.18. The molecule has 1 N–H and O–H groups in total. The van der Waals surface area contributed by atoms with Crippen molar-refractivity contribution in [3.63, 3.8) is 0 Å². The van der Waals surface area contributed by atoms with Gasteiger partial charge < -0.3 is 9.51 Å². The van der Waals surface area contributed by atoms with Gasteiger partial charge in [0, 0.05) is 11.8 Å². The number of halogens is 2. The number of fused-ring (bicyclic) bond motifs is 1. The Morgan fingerprint density at radius 1 is 1.24 bits per heavy atom. The lowest BCUT2D eigenvalue weighted by molar-refractivity contribution is -0.136. The average molecular weight is 321 g/mol.